The molecule has 0 fully saturated rings. The first kappa shape index (κ1) is 10.5. The van der Waals surface area contributed by atoms with Gasteiger partial charge in [-0.2, -0.15) is 0 Å². The van der Waals surface area contributed by atoms with Crippen LogP contribution in [0.25, 0.3) is 0 Å². The molecule has 0 spiro atoms. The lowest BCUT2D eigenvalue weighted by Gasteiger charge is -2.24. The van der Waals surface area contributed by atoms with E-state index in [0.717, 1.165) is 13.0 Å². The van der Waals surface area contributed by atoms with Crippen LogP contribution in [0.2, 0.25) is 0 Å². The topological polar surface area (TPSA) is 3.24 Å². The Morgan fingerprint density at radius 3 is 2.27 bits per heavy atom. The fourth-order valence-corrected chi connectivity index (χ4v) is 1.34. The van der Waals surface area contributed by atoms with Crippen LogP contribution < -0.4 is 0 Å². The highest BCUT2D eigenvalue weighted by atomic mass is 15.1. The third kappa shape index (κ3) is 4.06. The van der Waals surface area contributed by atoms with Gasteiger partial charge in [0, 0.05) is 19.0 Å². The van der Waals surface area contributed by atoms with Crippen molar-refractivity contribution in [2.75, 3.05) is 13.6 Å². The minimum absolute atomic E-state index is 0.711. The summed E-state index contributed by atoms with van der Waals surface area (Å²) in [7, 11) is 2.15. The maximum absolute atomic E-state index is 5.18. The molecule has 0 aromatic rings. The summed E-state index contributed by atoms with van der Waals surface area (Å²) in [6, 6.07) is 0.711. The number of rotatable bonds is 5. The van der Waals surface area contributed by atoms with Crippen LogP contribution in [0.1, 0.15) is 33.1 Å². The largest absolute Gasteiger partial charge is 0.302 e. The Bertz CT molecular complexity index is 119. The van der Waals surface area contributed by atoms with Crippen molar-refractivity contribution < 1.29 is 0 Å². The highest BCUT2D eigenvalue weighted by molar-refractivity contribution is 4.85. The molecule has 0 rings (SSSR count). The molecule has 0 heterocycles. The van der Waals surface area contributed by atoms with Crippen LogP contribution in [-0.2, 0) is 0 Å². The smallest absolute Gasteiger partial charge is 0.0214 e. The lowest BCUT2D eigenvalue weighted by atomic mass is 10.1. The highest BCUT2D eigenvalue weighted by Crippen LogP contribution is 2.05. The van der Waals surface area contributed by atoms with Crippen molar-refractivity contribution in [3.63, 3.8) is 0 Å². The summed E-state index contributed by atoms with van der Waals surface area (Å²) in [6.07, 6.45) is 8.49. The van der Waals surface area contributed by atoms with E-state index < -0.39 is 0 Å². The summed E-state index contributed by atoms with van der Waals surface area (Å²) in [4.78, 5) is 2.35. The van der Waals surface area contributed by atoms with Gasteiger partial charge in [0.2, 0.25) is 0 Å². The van der Waals surface area contributed by atoms with Crippen molar-refractivity contribution in [2.45, 2.75) is 39.2 Å². The second-order valence-corrected chi connectivity index (χ2v) is 2.91. The molecule has 64 valence electrons. The molecule has 0 aliphatic rings. The van der Waals surface area contributed by atoms with Crippen LogP contribution in [0.15, 0.2) is 0 Å². The molecule has 0 amide bonds. The van der Waals surface area contributed by atoms with Gasteiger partial charge in [-0.05, 0) is 19.9 Å². The van der Waals surface area contributed by atoms with Gasteiger partial charge in [-0.15, -0.1) is 12.3 Å². The van der Waals surface area contributed by atoms with E-state index in [4.69, 9.17) is 6.42 Å². The molecular formula is C10H19N. The first-order valence-corrected chi connectivity index (χ1v) is 4.39. The molecule has 11 heavy (non-hydrogen) atoms. The Hall–Kier alpha value is -0.480. The zero-order valence-electron chi connectivity index (χ0n) is 7.93. The quantitative estimate of drug-likeness (QED) is 0.547. The van der Waals surface area contributed by atoms with E-state index in [1.54, 1.807) is 0 Å². The Morgan fingerprint density at radius 1 is 1.36 bits per heavy atom. The summed E-state index contributed by atoms with van der Waals surface area (Å²) >= 11 is 0. The second kappa shape index (κ2) is 6.24. The molecule has 0 bridgehead atoms. The molecule has 1 nitrogen and oxygen atoms in total. The van der Waals surface area contributed by atoms with Crippen molar-refractivity contribution in [3.8, 4) is 12.3 Å². The Labute approximate surface area is 70.8 Å². The van der Waals surface area contributed by atoms with Gasteiger partial charge in [0.05, 0.1) is 0 Å². The van der Waals surface area contributed by atoms with Crippen LogP contribution >= 0.6 is 0 Å². The van der Waals surface area contributed by atoms with Gasteiger partial charge in [0.15, 0.2) is 0 Å². The monoisotopic (exact) mass is 153 g/mol. The average molecular weight is 153 g/mol. The first-order valence-electron chi connectivity index (χ1n) is 4.39. The molecule has 0 aliphatic heterocycles. The minimum Gasteiger partial charge on any atom is -0.302 e. The van der Waals surface area contributed by atoms with Crippen molar-refractivity contribution in [1.29, 1.82) is 0 Å². The summed E-state index contributed by atoms with van der Waals surface area (Å²) in [5, 5.41) is 0. The van der Waals surface area contributed by atoms with Gasteiger partial charge in [-0.25, -0.2) is 0 Å². The van der Waals surface area contributed by atoms with Crippen molar-refractivity contribution >= 4 is 0 Å². The van der Waals surface area contributed by atoms with E-state index in [1.165, 1.54) is 12.8 Å². The zero-order chi connectivity index (χ0) is 8.69. The normalized spacial score (nSPS) is 10.5. The third-order valence-electron chi connectivity index (χ3n) is 2.17. The predicted octanol–water partition coefficient (Wildman–Crippen LogP) is 2.13. The molecule has 0 aliphatic carbocycles. The zero-order valence-corrected chi connectivity index (χ0v) is 7.93. The fourth-order valence-electron chi connectivity index (χ4n) is 1.34. The standard InChI is InChI=1S/C10H19N/c1-5-8-9-11(4)10(6-2)7-3/h1,10H,6-9H2,2-4H3. The van der Waals surface area contributed by atoms with Gasteiger partial charge in [0.25, 0.3) is 0 Å². The summed E-state index contributed by atoms with van der Waals surface area (Å²) in [5.41, 5.74) is 0. The van der Waals surface area contributed by atoms with Crippen molar-refractivity contribution in [2.24, 2.45) is 0 Å². The van der Waals surface area contributed by atoms with E-state index in [2.05, 4.69) is 31.7 Å². The summed E-state index contributed by atoms with van der Waals surface area (Å²) in [6.45, 7) is 5.48. The third-order valence-corrected chi connectivity index (χ3v) is 2.17. The van der Waals surface area contributed by atoms with E-state index in [0.29, 0.717) is 6.04 Å². The number of nitrogens with zero attached hydrogens (tertiary/aromatic N) is 1. The van der Waals surface area contributed by atoms with Gasteiger partial charge < -0.3 is 4.90 Å². The van der Waals surface area contributed by atoms with Crippen molar-refractivity contribution in [1.82, 2.24) is 4.90 Å². The molecule has 0 radical (unpaired) electrons. The van der Waals surface area contributed by atoms with Gasteiger partial charge in [0.1, 0.15) is 0 Å². The van der Waals surface area contributed by atoms with E-state index in [1.807, 2.05) is 0 Å². The molecule has 0 atom stereocenters. The fraction of sp³-hybridized carbons (Fsp3) is 0.800. The van der Waals surface area contributed by atoms with Crippen LogP contribution in [0.3, 0.4) is 0 Å². The van der Waals surface area contributed by atoms with Crippen LogP contribution in [-0.4, -0.2) is 24.5 Å². The summed E-state index contributed by atoms with van der Waals surface area (Å²) in [5.74, 6) is 2.66. The number of hydrogen-bond acceptors (Lipinski definition) is 1. The van der Waals surface area contributed by atoms with Gasteiger partial charge in [-0.3, -0.25) is 0 Å². The summed E-state index contributed by atoms with van der Waals surface area (Å²) < 4.78 is 0. The molecule has 0 N–H and O–H groups in total. The molecule has 0 aromatic heterocycles. The highest BCUT2D eigenvalue weighted by Gasteiger charge is 2.08. The number of terminal acetylenes is 1. The molecule has 0 saturated heterocycles. The Kier molecular flexibility index (Phi) is 5.97. The molecule has 0 unspecified atom stereocenters. The second-order valence-electron chi connectivity index (χ2n) is 2.91. The molecular weight excluding hydrogens is 134 g/mol. The predicted molar refractivity (Wildman–Crippen MR) is 50.5 cm³/mol. The molecule has 1 heteroatoms. The van der Waals surface area contributed by atoms with Gasteiger partial charge in [-0.1, -0.05) is 13.8 Å². The first-order chi connectivity index (χ1) is 5.26. The lowest BCUT2D eigenvalue weighted by Crippen LogP contribution is -2.31. The van der Waals surface area contributed by atoms with Gasteiger partial charge >= 0.3 is 0 Å². The van der Waals surface area contributed by atoms with Crippen LogP contribution in [0, 0.1) is 12.3 Å². The Morgan fingerprint density at radius 2 is 1.91 bits per heavy atom. The van der Waals surface area contributed by atoms with Crippen LogP contribution in [0.5, 0.6) is 0 Å². The SMILES string of the molecule is C#CCCN(C)C(CC)CC. The van der Waals surface area contributed by atoms with Crippen molar-refractivity contribution in [3.05, 3.63) is 0 Å². The van der Waals surface area contributed by atoms with E-state index in [-0.39, 0.29) is 0 Å². The van der Waals surface area contributed by atoms with Crippen LogP contribution in [0.4, 0.5) is 0 Å². The number of hydrogen-bond donors (Lipinski definition) is 0. The van der Waals surface area contributed by atoms with E-state index >= 15 is 0 Å². The minimum atomic E-state index is 0.711. The molecule has 0 aromatic carbocycles. The Balaban J connectivity index is 3.61. The van der Waals surface area contributed by atoms with E-state index in [9.17, 15) is 0 Å². The molecule has 0 saturated carbocycles. The lowest BCUT2D eigenvalue weighted by molar-refractivity contribution is 0.235. The maximum atomic E-state index is 5.18. The average Bonchev–Trinajstić information content (AvgIpc) is 2.03. The maximum Gasteiger partial charge on any atom is 0.0214 e.